The van der Waals surface area contributed by atoms with Crippen LogP contribution in [0.5, 0.6) is 0 Å². The summed E-state index contributed by atoms with van der Waals surface area (Å²) < 4.78 is 1.99. The molecule has 4 nitrogen and oxygen atoms in total. The number of nitrogens with one attached hydrogen (secondary N) is 1. The van der Waals surface area contributed by atoms with Crippen molar-refractivity contribution in [3.05, 3.63) is 56.2 Å². The fourth-order valence-corrected chi connectivity index (χ4v) is 3.80. The molecule has 0 aliphatic carbocycles. The molecule has 1 N–H and O–H groups in total. The molecule has 0 amide bonds. The zero-order valence-corrected chi connectivity index (χ0v) is 14.0. The van der Waals surface area contributed by atoms with Gasteiger partial charge in [0.15, 0.2) is 5.82 Å². The maximum atomic E-state index is 12.3. The van der Waals surface area contributed by atoms with Crippen molar-refractivity contribution in [2.45, 2.75) is 6.92 Å². The van der Waals surface area contributed by atoms with Crippen molar-refractivity contribution in [1.82, 2.24) is 15.0 Å². The van der Waals surface area contributed by atoms with Gasteiger partial charge in [0.25, 0.3) is 5.56 Å². The highest BCUT2D eigenvalue weighted by atomic mass is 79.9. The number of aromatic amines is 1. The van der Waals surface area contributed by atoms with Gasteiger partial charge in [-0.15, -0.1) is 11.3 Å². The van der Waals surface area contributed by atoms with Crippen LogP contribution in [0.3, 0.4) is 0 Å². The SMILES string of the molecule is Cc1cc(Br)cc2c(=O)[nH]c(-c3cc4ccsc4cn3)nc12. The fraction of sp³-hybridized carbons (Fsp3) is 0.0625. The summed E-state index contributed by atoms with van der Waals surface area (Å²) in [5.41, 5.74) is 2.17. The summed E-state index contributed by atoms with van der Waals surface area (Å²) in [4.78, 5) is 24.2. The topological polar surface area (TPSA) is 58.6 Å². The third kappa shape index (κ3) is 2.15. The van der Waals surface area contributed by atoms with E-state index in [4.69, 9.17) is 0 Å². The number of benzene rings is 1. The molecule has 4 rings (SSSR count). The van der Waals surface area contributed by atoms with Gasteiger partial charge >= 0.3 is 0 Å². The van der Waals surface area contributed by atoms with Crippen LogP contribution in [0.4, 0.5) is 0 Å². The second-order valence-electron chi connectivity index (χ2n) is 5.06. The number of hydrogen-bond donors (Lipinski definition) is 1. The van der Waals surface area contributed by atoms with Crippen LogP contribution in [-0.2, 0) is 0 Å². The highest BCUT2D eigenvalue weighted by Gasteiger charge is 2.10. The van der Waals surface area contributed by atoms with Crippen LogP contribution in [0, 0.1) is 6.92 Å². The van der Waals surface area contributed by atoms with E-state index in [0.29, 0.717) is 22.4 Å². The molecule has 0 spiro atoms. The third-order valence-corrected chi connectivity index (χ3v) is 4.87. The molecular formula is C16H10BrN3OS. The molecule has 0 fully saturated rings. The van der Waals surface area contributed by atoms with Crippen molar-refractivity contribution < 1.29 is 0 Å². The van der Waals surface area contributed by atoms with E-state index in [1.807, 2.05) is 36.7 Å². The molecule has 22 heavy (non-hydrogen) atoms. The Morgan fingerprint density at radius 3 is 3.00 bits per heavy atom. The van der Waals surface area contributed by atoms with Crippen molar-refractivity contribution >= 4 is 48.3 Å². The van der Waals surface area contributed by atoms with Crippen LogP contribution in [0.1, 0.15) is 5.56 Å². The van der Waals surface area contributed by atoms with E-state index in [0.717, 1.165) is 20.1 Å². The van der Waals surface area contributed by atoms with Gasteiger partial charge in [-0.2, -0.15) is 0 Å². The van der Waals surface area contributed by atoms with E-state index in [1.54, 1.807) is 17.4 Å². The Bertz CT molecular complexity index is 1080. The van der Waals surface area contributed by atoms with Gasteiger partial charge in [0.2, 0.25) is 0 Å². The Kier molecular flexibility index (Phi) is 3.09. The first-order valence-corrected chi connectivity index (χ1v) is 8.33. The van der Waals surface area contributed by atoms with Crippen LogP contribution in [-0.4, -0.2) is 15.0 Å². The van der Waals surface area contributed by atoms with Gasteiger partial charge in [0.05, 0.1) is 15.6 Å². The number of H-pyrrole nitrogens is 1. The summed E-state index contributed by atoms with van der Waals surface area (Å²) in [6, 6.07) is 7.72. The van der Waals surface area contributed by atoms with Crippen LogP contribution < -0.4 is 5.56 Å². The summed E-state index contributed by atoms with van der Waals surface area (Å²) in [5, 5.41) is 3.70. The Hall–Kier alpha value is -2.05. The standard InChI is InChI=1S/C16H10BrN3OS/c1-8-4-10(17)6-11-14(8)19-15(20-16(11)21)12-5-9-2-3-22-13(9)7-18-12/h2-7H,1H3,(H,19,20,21). The molecule has 6 heteroatoms. The number of aromatic nitrogens is 3. The van der Waals surface area contributed by atoms with Crippen LogP contribution in [0.2, 0.25) is 0 Å². The average Bonchev–Trinajstić information content (AvgIpc) is 2.95. The highest BCUT2D eigenvalue weighted by Crippen LogP contribution is 2.25. The first-order chi connectivity index (χ1) is 10.6. The number of halogens is 1. The number of nitrogens with zero attached hydrogens (tertiary/aromatic N) is 2. The molecule has 1 aromatic carbocycles. The Morgan fingerprint density at radius 1 is 1.27 bits per heavy atom. The summed E-state index contributed by atoms with van der Waals surface area (Å²) in [6.07, 6.45) is 1.81. The molecule has 0 atom stereocenters. The molecular weight excluding hydrogens is 362 g/mol. The molecule has 0 saturated carbocycles. The minimum absolute atomic E-state index is 0.156. The minimum atomic E-state index is -0.156. The number of hydrogen-bond acceptors (Lipinski definition) is 4. The van der Waals surface area contributed by atoms with Gasteiger partial charge in [-0.05, 0) is 47.5 Å². The lowest BCUT2D eigenvalue weighted by Crippen LogP contribution is -2.10. The van der Waals surface area contributed by atoms with Gasteiger partial charge in [0, 0.05) is 10.7 Å². The predicted octanol–water partition coefficient (Wildman–Crippen LogP) is 4.27. The van der Waals surface area contributed by atoms with E-state index in [2.05, 4.69) is 30.9 Å². The molecule has 0 bridgehead atoms. The van der Waals surface area contributed by atoms with Crippen molar-refractivity contribution in [3.8, 4) is 11.5 Å². The summed E-state index contributed by atoms with van der Waals surface area (Å²) >= 11 is 5.05. The van der Waals surface area contributed by atoms with E-state index >= 15 is 0 Å². The maximum absolute atomic E-state index is 12.3. The quantitative estimate of drug-likeness (QED) is 0.543. The minimum Gasteiger partial charge on any atom is -0.305 e. The Labute approximate surface area is 138 Å². The third-order valence-electron chi connectivity index (χ3n) is 3.55. The van der Waals surface area contributed by atoms with Crippen LogP contribution in [0.25, 0.3) is 32.5 Å². The van der Waals surface area contributed by atoms with Gasteiger partial charge < -0.3 is 4.98 Å². The van der Waals surface area contributed by atoms with Crippen LogP contribution >= 0.6 is 27.3 Å². The molecule has 108 valence electrons. The van der Waals surface area contributed by atoms with Crippen molar-refractivity contribution in [1.29, 1.82) is 0 Å². The first-order valence-electron chi connectivity index (χ1n) is 6.65. The van der Waals surface area contributed by atoms with E-state index in [9.17, 15) is 4.79 Å². The lowest BCUT2D eigenvalue weighted by Gasteiger charge is -2.05. The number of aryl methyl sites for hydroxylation is 1. The lowest BCUT2D eigenvalue weighted by molar-refractivity contribution is 1.14. The number of pyridine rings is 1. The second kappa shape index (κ2) is 5.00. The first kappa shape index (κ1) is 13.6. The van der Waals surface area contributed by atoms with E-state index in [-0.39, 0.29) is 5.56 Å². The maximum Gasteiger partial charge on any atom is 0.259 e. The molecule has 0 saturated heterocycles. The van der Waals surface area contributed by atoms with Gasteiger partial charge in [-0.25, -0.2) is 4.98 Å². The molecule has 0 aliphatic rings. The van der Waals surface area contributed by atoms with Crippen molar-refractivity contribution in [2.24, 2.45) is 0 Å². The van der Waals surface area contributed by atoms with Gasteiger partial charge in [0.1, 0.15) is 5.69 Å². The summed E-state index contributed by atoms with van der Waals surface area (Å²) in [7, 11) is 0. The van der Waals surface area contributed by atoms with E-state index < -0.39 is 0 Å². The van der Waals surface area contributed by atoms with E-state index in [1.165, 1.54) is 0 Å². The smallest absolute Gasteiger partial charge is 0.259 e. The average molecular weight is 372 g/mol. The molecule has 4 aromatic rings. The molecule has 0 aliphatic heterocycles. The predicted molar refractivity (Wildman–Crippen MR) is 93.4 cm³/mol. The summed E-state index contributed by atoms with van der Waals surface area (Å²) in [5.74, 6) is 0.496. The van der Waals surface area contributed by atoms with Crippen molar-refractivity contribution in [2.75, 3.05) is 0 Å². The molecule has 3 aromatic heterocycles. The number of rotatable bonds is 1. The Balaban J connectivity index is 2.00. The molecule has 0 unspecified atom stereocenters. The normalized spacial score (nSPS) is 11.4. The summed E-state index contributed by atoms with van der Waals surface area (Å²) in [6.45, 7) is 1.94. The fourth-order valence-electron chi connectivity index (χ4n) is 2.49. The zero-order chi connectivity index (χ0) is 15.3. The monoisotopic (exact) mass is 371 g/mol. The van der Waals surface area contributed by atoms with Gasteiger partial charge in [-0.1, -0.05) is 15.9 Å². The highest BCUT2D eigenvalue weighted by molar-refractivity contribution is 9.10. The number of fused-ring (bicyclic) bond motifs is 2. The van der Waals surface area contributed by atoms with Crippen LogP contribution in [0.15, 0.2) is 45.1 Å². The molecule has 3 heterocycles. The molecule has 0 radical (unpaired) electrons. The lowest BCUT2D eigenvalue weighted by atomic mass is 10.1. The Morgan fingerprint density at radius 2 is 2.14 bits per heavy atom. The van der Waals surface area contributed by atoms with Gasteiger partial charge in [-0.3, -0.25) is 9.78 Å². The number of thiophene rings is 1. The zero-order valence-electron chi connectivity index (χ0n) is 11.6. The van der Waals surface area contributed by atoms with Crippen molar-refractivity contribution in [3.63, 3.8) is 0 Å². The largest absolute Gasteiger partial charge is 0.305 e. The second-order valence-corrected chi connectivity index (χ2v) is 6.92.